The van der Waals surface area contributed by atoms with Crippen LogP contribution in [-0.4, -0.2) is 23.6 Å². The van der Waals surface area contributed by atoms with E-state index in [2.05, 4.69) is 26.6 Å². The Kier molecular flexibility index (Phi) is 7.57. The van der Waals surface area contributed by atoms with Gasteiger partial charge in [0.25, 0.3) is 0 Å². The Balaban J connectivity index is 1.68. The maximum Gasteiger partial charge on any atom is 0.341 e. The molecule has 0 saturated heterocycles. The average molecular weight is 493 g/mol. The maximum atomic E-state index is 12.5. The molecule has 152 valence electrons. The Morgan fingerprint density at radius 1 is 1.24 bits per heavy atom. The van der Waals surface area contributed by atoms with Crippen molar-refractivity contribution >= 4 is 67.6 Å². The van der Waals surface area contributed by atoms with Crippen LogP contribution in [0.4, 0.5) is 5.00 Å². The summed E-state index contributed by atoms with van der Waals surface area (Å²) in [5, 5.41) is 6.44. The second-order valence-corrected chi connectivity index (χ2v) is 8.89. The number of esters is 1. The van der Waals surface area contributed by atoms with Gasteiger partial charge in [0.2, 0.25) is 5.91 Å². The van der Waals surface area contributed by atoms with Crippen molar-refractivity contribution in [2.24, 2.45) is 0 Å². The lowest BCUT2D eigenvalue weighted by molar-refractivity contribution is -0.115. The van der Waals surface area contributed by atoms with E-state index in [1.165, 1.54) is 22.3 Å². The molecule has 0 aliphatic heterocycles. The highest BCUT2D eigenvalue weighted by atomic mass is 79.9. The van der Waals surface area contributed by atoms with Crippen molar-refractivity contribution < 1.29 is 14.3 Å². The number of aryl methyl sites for hydroxylation is 1. The first-order valence-electron chi connectivity index (χ1n) is 9.35. The second kappa shape index (κ2) is 10.1. The number of halogens is 1. The number of ether oxygens (including phenoxy) is 1. The van der Waals surface area contributed by atoms with E-state index in [1.54, 1.807) is 13.0 Å². The lowest BCUT2D eigenvalue weighted by atomic mass is 9.95. The number of hydrogen-bond acceptors (Lipinski definition) is 5. The number of carbonyl (C=O) groups is 2. The fraction of sp³-hybridized carbons (Fsp3) is 0.286. The summed E-state index contributed by atoms with van der Waals surface area (Å²) in [7, 11) is 0. The van der Waals surface area contributed by atoms with Crippen LogP contribution < -0.4 is 10.6 Å². The molecule has 1 aromatic carbocycles. The fourth-order valence-corrected chi connectivity index (χ4v) is 4.92. The zero-order valence-corrected chi connectivity index (χ0v) is 19.1. The molecule has 3 rings (SSSR count). The Morgan fingerprint density at radius 2 is 1.97 bits per heavy atom. The molecule has 0 spiro atoms. The van der Waals surface area contributed by atoms with Crippen molar-refractivity contribution in [2.75, 3.05) is 11.9 Å². The zero-order valence-electron chi connectivity index (χ0n) is 15.9. The summed E-state index contributed by atoms with van der Waals surface area (Å²) in [4.78, 5) is 25.8. The number of thiophene rings is 1. The predicted octanol–water partition coefficient (Wildman–Crippen LogP) is 5.09. The van der Waals surface area contributed by atoms with Crippen molar-refractivity contribution in [1.82, 2.24) is 5.32 Å². The van der Waals surface area contributed by atoms with Gasteiger partial charge in [-0.15, -0.1) is 11.3 Å². The smallest absolute Gasteiger partial charge is 0.341 e. The minimum Gasteiger partial charge on any atom is -0.462 e. The van der Waals surface area contributed by atoms with Crippen molar-refractivity contribution in [3.8, 4) is 0 Å². The zero-order chi connectivity index (χ0) is 20.8. The van der Waals surface area contributed by atoms with E-state index in [-0.39, 0.29) is 17.0 Å². The van der Waals surface area contributed by atoms with Crippen molar-refractivity contribution in [1.29, 1.82) is 0 Å². The molecule has 0 atom stereocenters. The number of rotatable bonds is 5. The second-order valence-electron chi connectivity index (χ2n) is 6.46. The number of amides is 1. The van der Waals surface area contributed by atoms with Gasteiger partial charge in [-0.2, -0.15) is 0 Å². The fourth-order valence-electron chi connectivity index (χ4n) is 3.11. The maximum absolute atomic E-state index is 12.5. The normalized spacial score (nSPS) is 13.0. The molecule has 0 unspecified atom stereocenters. The van der Waals surface area contributed by atoms with Crippen LogP contribution >= 0.6 is 39.5 Å². The molecule has 0 fully saturated rings. The number of benzene rings is 1. The van der Waals surface area contributed by atoms with Crippen LogP contribution in [0.3, 0.4) is 0 Å². The van der Waals surface area contributed by atoms with Crippen LogP contribution in [0.2, 0.25) is 0 Å². The molecular formula is C21H21BrN2O3S2. The molecule has 2 N–H and O–H groups in total. The van der Waals surface area contributed by atoms with Crippen LogP contribution in [0.25, 0.3) is 6.08 Å². The molecule has 1 aliphatic rings. The van der Waals surface area contributed by atoms with Gasteiger partial charge in [-0.3, -0.25) is 10.1 Å². The van der Waals surface area contributed by atoms with Crippen molar-refractivity contribution in [2.45, 2.75) is 32.6 Å². The Labute approximate surface area is 187 Å². The van der Waals surface area contributed by atoms with E-state index in [9.17, 15) is 9.59 Å². The van der Waals surface area contributed by atoms with Crippen LogP contribution in [0.1, 0.15) is 46.1 Å². The monoisotopic (exact) mass is 492 g/mol. The molecule has 1 aliphatic carbocycles. The van der Waals surface area contributed by atoms with Gasteiger partial charge in [0.05, 0.1) is 12.2 Å². The highest BCUT2D eigenvalue weighted by molar-refractivity contribution is 9.10. The average Bonchev–Trinajstić information content (AvgIpc) is 3.05. The molecule has 5 nitrogen and oxygen atoms in total. The quantitative estimate of drug-likeness (QED) is 0.345. The minimum atomic E-state index is -0.348. The highest BCUT2D eigenvalue weighted by Gasteiger charge is 2.26. The molecule has 1 heterocycles. The van der Waals surface area contributed by atoms with Crippen molar-refractivity contribution in [3.63, 3.8) is 0 Å². The van der Waals surface area contributed by atoms with E-state index >= 15 is 0 Å². The van der Waals surface area contributed by atoms with E-state index in [1.807, 2.05) is 24.3 Å². The van der Waals surface area contributed by atoms with E-state index < -0.39 is 0 Å². The number of hydrogen-bond donors (Lipinski definition) is 2. The minimum absolute atomic E-state index is 0.152. The SMILES string of the molecule is CCOC(=O)c1c(NC(=S)NC(=O)/C=C/c2ccc(Br)cc2)sc2c1CCCC2. The summed E-state index contributed by atoms with van der Waals surface area (Å²) in [6, 6.07) is 7.59. The summed E-state index contributed by atoms with van der Waals surface area (Å²) < 4.78 is 6.21. The van der Waals surface area contributed by atoms with Crippen LogP contribution in [0.5, 0.6) is 0 Å². The molecule has 1 amide bonds. The number of fused-ring (bicyclic) bond motifs is 1. The third kappa shape index (κ3) is 5.74. The van der Waals surface area contributed by atoms with Gasteiger partial charge in [0.15, 0.2) is 5.11 Å². The standard InChI is InChI=1S/C21H21BrN2O3S2/c1-2-27-20(26)18-15-5-3-4-6-16(15)29-19(18)24-21(28)23-17(25)12-9-13-7-10-14(22)11-8-13/h7-12H,2-6H2,1H3,(H2,23,24,25,28)/b12-9+. The highest BCUT2D eigenvalue weighted by Crippen LogP contribution is 2.38. The predicted molar refractivity (Wildman–Crippen MR) is 124 cm³/mol. The molecule has 29 heavy (non-hydrogen) atoms. The van der Waals surface area contributed by atoms with Gasteiger partial charge >= 0.3 is 5.97 Å². The molecule has 8 heteroatoms. The van der Waals surface area contributed by atoms with E-state index in [4.69, 9.17) is 17.0 Å². The number of thiocarbonyl (C=S) groups is 1. The van der Waals surface area contributed by atoms with E-state index in [0.29, 0.717) is 17.2 Å². The Morgan fingerprint density at radius 3 is 2.69 bits per heavy atom. The first kappa shape index (κ1) is 21.7. The summed E-state index contributed by atoms with van der Waals surface area (Å²) >= 11 is 10.2. The van der Waals surface area contributed by atoms with Gasteiger partial charge < -0.3 is 10.1 Å². The lowest BCUT2D eigenvalue weighted by Crippen LogP contribution is -2.33. The van der Waals surface area contributed by atoms with Gasteiger partial charge in [-0.25, -0.2) is 4.79 Å². The third-order valence-corrected chi connectivity index (χ3v) is 6.35. The molecular weight excluding hydrogens is 472 g/mol. The topological polar surface area (TPSA) is 67.4 Å². The third-order valence-electron chi connectivity index (χ3n) is 4.41. The van der Waals surface area contributed by atoms with Gasteiger partial charge in [0, 0.05) is 15.4 Å². The summed E-state index contributed by atoms with van der Waals surface area (Å²) in [6.45, 7) is 2.09. The van der Waals surface area contributed by atoms with Crippen LogP contribution in [0.15, 0.2) is 34.8 Å². The summed E-state index contributed by atoms with van der Waals surface area (Å²) in [5.41, 5.74) is 2.50. The van der Waals surface area contributed by atoms with Gasteiger partial charge in [-0.05, 0) is 74.2 Å². The Hall–Kier alpha value is -2.03. The largest absolute Gasteiger partial charge is 0.462 e. The first-order valence-corrected chi connectivity index (χ1v) is 11.4. The lowest BCUT2D eigenvalue weighted by Gasteiger charge is -2.12. The molecule has 1 aromatic heterocycles. The van der Waals surface area contributed by atoms with Crippen molar-refractivity contribution in [3.05, 3.63) is 56.4 Å². The van der Waals surface area contributed by atoms with Gasteiger partial charge in [0.1, 0.15) is 5.00 Å². The van der Waals surface area contributed by atoms with Crippen LogP contribution in [-0.2, 0) is 22.4 Å². The molecule has 0 bridgehead atoms. The number of carbonyl (C=O) groups excluding carboxylic acids is 2. The number of anilines is 1. The number of nitrogens with one attached hydrogen (secondary N) is 2. The molecule has 0 radical (unpaired) electrons. The summed E-state index contributed by atoms with van der Waals surface area (Å²) in [6.07, 6.45) is 7.09. The van der Waals surface area contributed by atoms with Crippen LogP contribution in [0, 0.1) is 0 Å². The molecule has 0 saturated carbocycles. The van der Waals surface area contributed by atoms with E-state index in [0.717, 1.165) is 41.3 Å². The molecule has 2 aromatic rings. The first-order chi connectivity index (χ1) is 14.0. The summed E-state index contributed by atoms with van der Waals surface area (Å²) in [5.74, 6) is -0.692. The Bertz CT molecular complexity index is 952. The van der Waals surface area contributed by atoms with Gasteiger partial charge in [-0.1, -0.05) is 28.1 Å².